The number of methoxy groups -OCH3 is 1. The van der Waals surface area contributed by atoms with Crippen LogP contribution in [-0.4, -0.2) is 7.11 Å². The molecule has 74 valence electrons. The van der Waals surface area contributed by atoms with E-state index < -0.39 is 0 Å². The van der Waals surface area contributed by atoms with Gasteiger partial charge in [0.25, 0.3) is 0 Å². The maximum atomic E-state index is 5.36. The summed E-state index contributed by atoms with van der Waals surface area (Å²) in [7, 11) is 1.73. The van der Waals surface area contributed by atoms with E-state index in [1.807, 2.05) is 0 Å². The highest BCUT2D eigenvalue weighted by Crippen LogP contribution is 2.35. The number of benzene rings is 1. The lowest BCUT2D eigenvalue weighted by molar-refractivity contribution is 0.412. The van der Waals surface area contributed by atoms with Gasteiger partial charge in [0, 0.05) is 0 Å². The molecule has 0 N–H and O–H groups in total. The minimum atomic E-state index is 0.998. The molecule has 0 saturated heterocycles. The lowest BCUT2D eigenvalue weighted by atomic mass is 10.1. The van der Waals surface area contributed by atoms with Gasteiger partial charge in [0.1, 0.15) is 5.75 Å². The maximum Gasteiger partial charge on any atom is 0.133 e. The smallest absolute Gasteiger partial charge is 0.133 e. The zero-order valence-electron chi connectivity index (χ0n) is 8.13. The normalized spacial score (nSPS) is 10.8. The van der Waals surface area contributed by atoms with Crippen LogP contribution in [0.5, 0.6) is 5.75 Å². The third-order valence-corrected chi connectivity index (χ3v) is 4.70. The molecule has 0 spiro atoms. The largest absolute Gasteiger partial charge is 0.496 e. The predicted molar refractivity (Wildman–Crippen MR) is 70.5 cm³/mol. The average Bonchev–Trinajstić information content (AvgIpc) is 2.68. The van der Waals surface area contributed by atoms with Crippen LogP contribution in [0, 0.1) is 3.57 Å². The van der Waals surface area contributed by atoms with E-state index >= 15 is 0 Å². The van der Waals surface area contributed by atoms with Gasteiger partial charge in [0.05, 0.1) is 15.4 Å². The third-order valence-electron chi connectivity index (χ3n) is 2.33. The quantitative estimate of drug-likeness (QED) is 0.758. The molecular weight excluding hydrogens is 307 g/mol. The van der Waals surface area contributed by atoms with Gasteiger partial charge in [-0.3, -0.25) is 0 Å². The van der Waals surface area contributed by atoms with Crippen molar-refractivity contribution in [3.05, 3.63) is 26.6 Å². The standard InChI is InChI=1S/C11H11IOS/c1-3-7-6-9(13-2)10(12)11-8(7)4-5-14-11/h4-6H,3H2,1-2H3. The monoisotopic (exact) mass is 318 g/mol. The molecule has 0 bridgehead atoms. The molecule has 1 aromatic carbocycles. The van der Waals surface area contributed by atoms with Crippen LogP contribution in [0.15, 0.2) is 17.5 Å². The van der Waals surface area contributed by atoms with Crippen LogP contribution in [0.3, 0.4) is 0 Å². The van der Waals surface area contributed by atoms with Crippen LogP contribution in [0.1, 0.15) is 12.5 Å². The fourth-order valence-corrected chi connectivity index (χ4v) is 3.50. The van der Waals surface area contributed by atoms with Crippen LogP contribution in [0.4, 0.5) is 0 Å². The Morgan fingerprint density at radius 1 is 1.50 bits per heavy atom. The number of fused-ring (bicyclic) bond motifs is 1. The van der Waals surface area contributed by atoms with Crippen molar-refractivity contribution in [1.82, 2.24) is 0 Å². The summed E-state index contributed by atoms with van der Waals surface area (Å²) in [6.07, 6.45) is 1.06. The summed E-state index contributed by atoms with van der Waals surface area (Å²) in [5, 5.41) is 3.52. The Hall–Kier alpha value is -0.290. The number of ether oxygens (including phenoxy) is 1. The van der Waals surface area contributed by atoms with Crippen LogP contribution in [0.2, 0.25) is 0 Å². The van der Waals surface area contributed by atoms with E-state index in [1.54, 1.807) is 18.4 Å². The molecule has 0 radical (unpaired) electrons. The van der Waals surface area contributed by atoms with Crippen molar-refractivity contribution >= 4 is 44.0 Å². The first-order valence-corrected chi connectivity index (χ1v) is 6.46. The summed E-state index contributed by atoms with van der Waals surface area (Å²) in [6.45, 7) is 2.18. The first kappa shape index (κ1) is 10.2. The van der Waals surface area contributed by atoms with E-state index in [9.17, 15) is 0 Å². The highest BCUT2D eigenvalue weighted by atomic mass is 127. The fraction of sp³-hybridized carbons (Fsp3) is 0.273. The van der Waals surface area contributed by atoms with E-state index in [-0.39, 0.29) is 0 Å². The zero-order valence-corrected chi connectivity index (χ0v) is 11.1. The second-order valence-corrected chi connectivity index (χ2v) is 5.06. The summed E-state index contributed by atoms with van der Waals surface area (Å²) >= 11 is 4.14. The maximum absolute atomic E-state index is 5.36. The van der Waals surface area contributed by atoms with Gasteiger partial charge < -0.3 is 4.74 Å². The van der Waals surface area contributed by atoms with E-state index in [0.29, 0.717) is 0 Å². The lowest BCUT2D eigenvalue weighted by Crippen LogP contribution is -1.90. The first-order chi connectivity index (χ1) is 6.77. The fourth-order valence-electron chi connectivity index (χ4n) is 1.58. The molecule has 2 aromatic rings. The Labute approximate surface area is 101 Å². The molecule has 0 unspecified atom stereocenters. The third kappa shape index (κ3) is 1.52. The van der Waals surface area contributed by atoms with Crippen LogP contribution in [-0.2, 0) is 6.42 Å². The average molecular weight is 318 g/mol. The summed E-state index contributed by atoms with van der Waals surface area (Å²) in [4.78, 5) is 0. The highest BCUT2D eigenvalue weighted by Gasteiger charge is 2.10. The minimum absolute atomic E-state index is 0.998. The lowest BCUT2D eigenvalue weighted by Gasteiger charge is -2.07. The summed E-state index contributed by atoms with van der Waals surface area (Å²) in [6, 6.07) is 4.34. The van der Waals surface area contributed by atoms with Gasteiger partial charge in [0.15, 0.2) is 0 Å². The van der Waals surface area contributed by atoms with Crippen molar-refractivity contribution in [2.75, 3.05) is 7.11 Å². The highest BCUT2D eigenvalue weighted by molar-refractivity contribution is 14.1. The number of aryl methyl sites for hydroxylation is 1. The van der Waals surface area contributed by atoms with Crippen LogP contribution in [0.25, 0.3) is 10.1 Å². The molecule has 0 aliphatic carbocycles. The number of hydrogen-bond donors (Lipinski definition) is 0. The van der Waals surface area contributed by atoms with Crippen molar-refractivity contribution in [2.24, 2.45) is 0 Å². The van der Waals surface area contributed by atoms with E-state index in [1.165, 1.54) is 19.2 Å². The molecule has 1 nitrogen and oxygen atoms in total. The molecule has 3 heteroatoms. The summed E-state index contributed by atoms with van der Waals surface area (Å²) < 4.78 is 7.94. The molecule has 1 aromatic heterocycles. The Morgan fingerprint density at radius 2 is 2.29 bits per heavy atom. The van der Waals surface area contributed by atoms with Gasteiger partial charge in [-0.2, -0.15) is 0 Å². The van der Waals surface area contributed by atoms with E-state index in [2.05, 4.69) is 47.0 Å². The SMILES string of the molecule is CCc1cc(OC)c(I)c2sccc12. The second kappa shape index (κ2) is 4.06. The van der Waals surface area contributed by atoms with Gasteiger partial charge in [-0.1, -0.05) is 6.92 Å². The molecule has 0 fully saturated rings. The van der Waals surface area contributed by atoms with Gasteiger partial charge in [-0.05, 0) is 57.5 Å². The molecule has 1 heterocycles. The Bertz CT molecular complexity index is 462. The number of hydrogen-bond acceptors (Lipinski definition) is 2. The molecule has 14 heavy (non-hydrogen) atoms. The van der Waals surface area contributed by atoms with Crippen molar-refractivity contribution in [2.45, 2.75) is 13.3 Å². The topological polar surface area (TPSA) is 9.23 Å². The van der Waals surface area contributed by atoms with E-state index in [0.717, 1.165) is 12.2 Å². The minimum Gasteiger partial charge on any atom is -0.496 e. The van der Waals surface area contributed by atoms with Gasteiger partial charge in [0.2, 0.25) is 0 Å². The Morgan fingerprint density at radius 3 is 2.93 bits per heavy atom. The van der Waals surface area contributed by atoms with Gasteiger partial charge in [-0.25, -0.2) is 0 Å². The molecule has 0 aliphatic heterocycles. The number of thiophene rings is 1. The van der Waals surface area contributed by atoms with E-state index in [4.69, 9.17) is 4.74 Å². The second-order valence-electron chi connectivity index (χ2n) is 3.07. The Kier molecular flexibility index (Phi) is 2.97. The van der Waals surface area contributed by atoms with Crippen LogP contribution >= 0.6 is 33.9 Å². The molecule has 0 atom stereocenters. The van der Waals surface area contributed by atoms with Crippen LogP contribution < -0.4 is 4.74 Å². The first-order valence-electron chi connectivity index (χ1n) is 4.50. The number of rotatable bonds is 2. The van der Waals surface area contributed by atoms with Crippen molar-refractivity contribution in [1.29, 1.82) is 0 Å². The molecular formula is C11H11IOS. The van der Waals surface area contributed by atoms with Crippen molar-refractivity contribution < 1.29 is 4.74 Å². The molecule has 0 aliphatic rings. The Balaban J connectivity index is 2.80. The molecule has 0 saturated carbocycles. The summed E-state index contributed by atoms with van der Waals surface area (Å²) in [5.74, 6) is 0.998. The van der Waals surface area contributed by atoms with Gasteiger partial charge in [-0.15, -0.1) is 11.3 Å². The molecule has 2 rings (SSSR count). The predicted octanol–water partition coefficient (Wildman–Crippen LogP) is 4.08. The summed E-state index contributed by atoms with van der Waals surface area (Å²) in [5.41, 5.74) is 1.37. The van der Waals surface area contributed by atoms with Crippen molar-refractivity contribution in [3.8, 4) is 5.75 Å². The number of halogens is 1. The van der Waals surface area contributed by atoms with Crippen molar-refractivity contribution in [3.63, 3.8) is 0 Å². The zero-order chi connectivity index (χ0) is 10.1. The van der Waals surface area contributed by atoms with Gasteiger partial charge >= 0.3 is 0 Å². The molecule has 0 amide bonds.